The monoisotopic (exact) mass is 467 g/mol. The second kappa shape index (κ2) is 8.28. The first-order valence-corrected chi connectivity index (χ1v) is 12.6. The molecule has 5 rings (SSSR count). The van der Waals surface area contributed by atoms with E-state index in [2.05, 4.69) is 19.2 Å². The summed E-state index contributed by atoms with van der Waals surface area (Å²) in [4.78, 5) is 29.3. The Morgan fingerprint density at radius 1 is 1.21 bits per heavy atom. The molecule has 7 heteroatoms. The number of hydrogen-bond acceptors (Lipinski definition) is 3. The molecule has 0 unspecified atom stereocenters. The maximum Gasteiger partial charge on any atom is 0.271 e. The fraction of sp³-hybridized carbons (Fsp3) is 0.462. The van der Waals surface area contributed by atoms with Gasteiger partial charge in [-0.3, -0.25) is 9.59 Å². The Labute approximate surface area is 197 Å². The molecule has 1 aliphatic carbocycles. The second-order valence-corrected chi connectivity index (χ2v) is 10.9. The molecule has 1 aliphatic heterocycles. The Bertz CT molecular complexity index is 1200. The van der Waals surface area contributed by atoms with Gasteiger partial charge in [0.1, 0.15) is 17.1 Å². The lowest BCUT2D eigenvalue weighted by molar-refractivity contribution is -0.134. The molecule has 174 valence electrons. The van der Waals surface area contributed by atoms with Crippen molar-refractivity contribution in [2.75, 3.05) is 0 Å². The van der Waals surface area contributed by atoms with Crippen LogP contribution in [0.2, 0.25) is 0 Å². The van der Waals surface area contributed by atoms with E-state index in [0.717, 1.165) is 28.6 Å². The standard InChI is InChI=1S/C26H30FN3O2S/c1-16-5-4-6-20(17(16)2)28-25(32)26(3)15-29-21-11-12-33-23(21)13-22(29)24(31)30(26)14-18-7-9-19(27)10-8-18/h7-13,16-17,20H,4-6,14-15H2,1-3H3,(H,28,32)/t16-,17-,20+,26-/m1/s1. The third-order valence-electron chi connectivity index (χ3n) is 7.82. The molecule has 4 atom stereocenters. The van der Waals surface area contributed by atoms with Gasteiger partial charge in [-0.1, -0.05) is 38.8 Å². The number of thiophene rings is 1. The Balaban J connectivity index is 1.52. The number of fused-ring (bicyclic) bond motifs is 3. The Hall–Kier alpha value is -2.67. The number of hydrogen-bond donors (Lipinski definition) is 1. The van der Waals surface area contributed by atoms with Gasteiger partial charge >= 0.3 is 0 Å². The summed E-state index contributed by atoms with van der Waals surface area (Å²) >= 11 is 1.59. The van der Waals surface area contributed by atoms with E-state index in [1.165, 1.54) is 18.6 Å². The van der Waals surface area contributed by atoms with Crippen LogP contribution in [-0.2, 0) is 17.9 Å². The van der Waals surface area contributed by atoms with Crippen LogP contribution in [0.3, 0.4) is 0 Å². The minimum absolute atomic E-state index is 0.105. The normalized spacial score (nSPS) is 27.6. The summed E-state index contributed by atoms with van der Waals surface area (Å²) in [5.74, 6) is 0.338. The smallest absolute Gasteiger partial charge is 0.271 e. The number of rotatable bonds is 4. The van der Waals surface area contributed by atoms with Gasteiger partial charge < -0.3 is 14.8 Å². The lowest BCUT2D eigenvalue weighted by atomic mass is 9.77. The maximum atomic E-state index is 13.9. The molecule has 1 fully saturated rings. The highest BCUT2D eigenvalue weighted by Crippen LogP contribution is 2.36. The van der Waals surface area contributed by atoms with E-state index in [9.17, 15) is 14.0 Å². The van der Waals surface area contributed by atoms with Gasteiger partial charge in [-0.05, 0) is 60.4 Å². The first-order valence-electron chi connectivity index (χ1n) is 11.7. The van der Waals surface area contributed by atoms with Crippen LogP contribution in [0.1, 0.15) is 56.1 Å². The Morgan fingerprint density at radius 3 is 2.73 bits per heavy atom. The van der Waals surface area contributed by atoms with Crippen LogP contribution < -0.4 is 5.32 Å². The first-order chi connectivity index (χ1) is 15.8. The van der Waals surface area contributed by atoms with Crippen molar-refractivity contribution in [1.82, 2.24) is 14.8 Å². The van der Waals surface area contributed by atoms with E-state index in [1.807, 2.05) is 29.0 Å². The molecule has 1 saturated carbocycles. The molecule has 33 heavy (non-hydrogen) atoms. The first kappa shape index (κ1) is 22.1. The van der Waals surface area contributed by atoms with Crippen LogP contribution in [0.25, 0.3) is 10.2 Å². The van der Waals surface area contributed by atoms with Gasteiger partial charge in [0.2, 0.25) is 5.91 Å². The van der Waals surface area contributed by atoms with Crippen molar-refractivity contribution in [2.45, 2.75) is 64.7 Å². The van der Waals surface area contributed by atoms with Crippen molar-refractivity contribution in [3.63, 3.8) is 0 Å². The number of carbonyl (C=O) groups excluding carboxylic acids is 2. The molecule has 0 spiro atoms. The van der Waals surface area contributed by atoms with Gasteiger partial charge in [0.25, 0.3) is 5.91 Å². The molecular weight excluding hydrogens is 437 g/mol. The Morgan fingerprint density at radius 2 is 1.97 bits per heavy atom. The molecule has 0 bridgehead atoms. The third-order valence-corrected chi connectivity index (χ3v) is 8.67. The Kier molecular flexibility index (Phi) is 5.55. The van der Waals surface area contributed by atoms with E-state index < -0.39 is 5.54 Å². The predicted octanol–water partition coefficient (Wildman–Crippen LogP) is 5.20. The number of nitrogens with one attached hydrogen (secondary N) is 1. The molecule has 0 radical (unpaired) electrons. The van der Waals surface area contributed by atoms with Gasteiger partial charge in [-0.25, -0.2) is 4.39 Å². The molecule has 1 aromatic carbocycles. The summed E-state index contributed by atoms with van der Waals surface area (Å²) in [5.41, 5.74) is 1.32. The van der Waals surface area contributed by atoms with Crippen molar-refractivity contribution in [3.8, 4) is 0 Å². The molecule has 3 aromatic rings. The lowest BCUT2D eigenvalue weighted by Crippen LogP contribution is -2.65. The van der Waals surface area contributed by atoms with Gasteiger partial charge in [-0.2, -0.15) is 0 Å². The quantitative estimate of drug-likeness (QED) is 0.574. The summed E-state index contributed by atoms with van der Waals surface area (Å²) in [5, 5.41) is 5.33. The van der Waals surface area contributed by atoms with E-state index in [4.69, 9.17) is 0 Å². The molecular formula is C26H30FN3O2S. The third kappa shape index (κ3) is 3.76. The minimum Gasteiger partial charge on any atom is -0.351 e. The van der Waals surface area contributed by atoms with Gasteiger partial charge in [0.15, 0.2) is 0 Å². The molecule has 2 amide bonds. The molecule has 1 N–H and O–H groups in total. The lowest BCUT2D eigenvalue weighted by Gasteiger charge is -2.45. The number of halogens is 1. The van der Waals surface area contributed by atoms with Crippen LogP contribution in [0.5, 0.6) is 0 Å². The van der Waals surface area contributed by atoms with E-state index >= 15 is 0 Å². The van der Waals surface area contributed by atoms with Crippen molar-refractivity contribution in [2.24, 2.45) is 11.8 Å². The zero-order valence-electron chi connectivity index (χ0n) is 19.3. The zero-order valence-corrected chi connectivity index (χ0v) is 20.1. The van der Waals surface area contributed by atoms with Gasteiger partial charge in [-0.15, -0.1) is 11.3 Å². The summed E-state index contributed by atoms with van der Waals surface area (Å²) in [7, 11) is 0. The average molecular weight is 468 g/mol. The van der Waals surface area contributed by atoms with E-state index in [-0.39, 0.29) is 30.2 Å². The average Bonchev–Trinajstić information content (AvgIpc) is 3.38. The number of carbonyl (C=O) groups is 2. The van der Waals surface area contributed by atoms with Crippen LogP contribution in [-0.4, -0.2) is 32.9 Å². The van der Waals surface area contributed by atoms with Crippen molar-refractivity contribution in [1.29, 1.82) is 0 Å². The van der Waals surface area contributed by atoms with E-state index in [0.29, 0.717) is 24.1 Å². The highest BCUT2D eigenvalue weighted by molar-refractivity contribution is 7.17. The van der Waals surface area contributed by atoms with Crippen molar-refractivity contribution < 1.29 is 14.0 Å². The van der Waals surface area contributed by atoms with Crippen LogP contribution >= 0.6 is 11.3 Å². The van der Waals surface area contributed by atoms with Crippen LogP contribution in [0.4, 0.5) is 4.39 Å². The zero-order chi connectivity index (χ0) is 23.3. The SMILES string of the molecule is C[C@@H]1[C@H](C)CCC[C@@H]1NC(=O)[C@@]1(C)Cn2c(cc3sccc32)C(=O)N1Cc1ccc(F)cc1. The number of aromatic nitrogens is 1. The van der Waals surface area contributed by atoms with Crippen LogP contribution in [0.15, 0.2) is 41.8 Å². The second-order valence-electron chi connectivity index (χ2n) is 9.92. The number of benzene rings is 1. The molecule has 2 aromatic heterocycles. The highest BCUT2D eigenvalue weighted by Gasteiger charge is 2.48. The molecule has 3 heterocycles. The highest BCUT2D eigenvalue weighted by atomic mass is 32.1. The maximum absolute atomic E-state index is 13.9. The predicted molar refractivity (Wildman–Crippen MR) is 129 cm³/mol. The topological polar surface area (TPSA) is 54.3 Å². The fourth-order valence-corrected chi connectivity index (χ4v) is 6.23. The summed E-state index contributed by atoms with van der Waals surface area (Å²) in [6.45, 7) is 6.95. The number of amides is 2. The molecule has 2 aliphatic rings. The van der Waals surface area contributed by atoms with Crippen molar-refractivity contribution >= 4 is 33.4 Å². The summed E-state index contributed by atoms with van der Waals surface area (Å²) in [6.07, 6.45) is 3.24. The largest absolute Gasteiger partial charge is 0.351 e. The summed E-state index contributed by atoms with van der Waals surface area (Å²) in [6, 6.07) is 10.2. The van der Waals surface area contributed by atoms with Crippen LogP contribution in [0, 0.1) is 17.7 Å². The fourth-order valence-electron chi connectivity index (χ4n) is 5.40. The van der Waals surface area contributed by atoms with E-state index in [1.54, 1.807) is 28.4 Å². The van der Waals surface area contributed by atoms with Gasteiger partial charge in [0.05, 0.1) is 16.8 Å². The summed E-state index contributed by atoms with van der Waals surface area (Å²) < 4.78 is 16.5. The number of nitrogens with zero attached hydrogens (tertiary/aromatic N) is 2. The molecule has 5 nitrogen and oxygen atoms in total. The molecule has 0 saturated heterocycles. The van der Waals surface area contributed by atoms with Crippen molar-refractivity contribution in [3.05, 3.63) is 58.9 Å². The van der Waals surface area contributed by atoms with Gasteiger partial charge in [0, 0.05) is 12.6 Å². The minimum atomic E-state index is -1.06.